The molecular weight excluding hydrogens is 436 g/mol. The lowest BCUT2D eigenvalue weighted by Gasteiger charge is -2.25. The van der Waals surface area contributed by atoms with E-state index in [-0.39, 0.29) is 17.9 Å². The number of benzene rings is 1. The van der Waals surface area contributed by atoms with E-state index in [4.69, 9.17) is 14.2 Å². The third kappa shape index (κ3) is 6.67. The zero-order chi connectivity index (χ0) is 24.5. The molecule has 4 atom stereocenters. The normalized spacial score (nSPS) is 23.1. The van der Waals surface area contributed by atoms with Gasteiger partial charge in [0, 0.05) is 6.92 Å². The second kappa shape index (κ2) is 11.8. The molecule has 2 rings (SSSR count). The van der Waals surface area contributed by atoms with Crippen LogP contribution in [-0.4, -0.2) is 60.2 Å². The second-order valence-corrected chi connectivity index (χ2v) is 7.58. The van der Waals surface area contributed by atoms with Crippen molar-refractivity contribution in [2.24, 2.45) is 5.92 Å². The Morgan fingerprint density at radius 2 is 2.00 bits per heavy atom. The van der Waals surface area contributed by atoms with E-state index in [0.717, 1.165) is 6.42 Å². The summed E-state index contributed by atoms with van der Waals surface area (Å²) in [6.07, 6.45) is -0.00676. The molecule has 180 valence electrons. The van der Waals surface area contributed by atoms with Gasteiger partial charge in [-0.1, -0.05) is 25.8 Å². The highest BCUT2D eigenvalue weighted by Crippen LogP contribution is 2.27. The molecule has 0 radical (unpaired) electrons. The SMILES string of the molecule is CCCC[C@H]1C(=O)O[C@H](C)[C@H](NC(=O)c2cccc(NC=O)c2O)C(=O)OC[C@@H]1OC(C)=O. The lowest BCUT2D eigenvalue weighted by atomic mass is 9.96. The molecule has 1 aromatic carbocycles. The number of aromatic hydroxyl groups is 1. The van der Waals surface area contributed by atoms with Gasteiger partial charge in [-0.25, -0.2) is 4.79 Å². The van der Waals surface area contributed by atoms with Crippen LogP contribution < -0.4 is 10.6 Å². The van der Waals surface area contributed by atoms with Gasteiger partial charge in [-0.2, -0.15) is 0 Å². The molecule has 1 fully saturated rings. The Morgan fingerprint density at radius 1 is 1.27 bits per heavy atom. The third-order valence-electron chi connectivity index (χ3n) is 5.13. The average molecular weight is 464 g/mol. The van der Waals surface area contributed by atoms with E-state index >= 15 is 0 Å². The standard InChI is InChI=1S/C22H28N2O9/c1-4-5-7-14-17(33-13(3)26)10-31-22(30)18(12(2)32-21(14)29)24-20(28)15-8-6-9-16(19(15)27)23-11-25/h6,8-9,11-12,14,17-18,27H,4-5,7,10H2,1-3H3,(H,23,25)(H,24,28)/t12-,14-,17+,18+/m1/s1. The molecule has 1 aromatic rings. The van der Waals surface area contributed by atoms with Crippen molar-refractivity contribution >= 4 is 35.9 Å². The van der Waals surface area contributed by atoms with Crippen LogP contribution >= 0.6 is 0 Å². The van der Waals surface area contributed by atoms with Crippen LogP contribution in [0.3, 0.4) is 0 Å². The number of phenolic OH excluding ortho intramolecular Hbond substituents is 1. The van der Waals surface area contributed by atoms with Crippen molar-refractivity contribution in [1.82, 2.24) is 5.32 Å². The number of hydrogen-bond donors (Lipinski definition) is 3. The molecule has 0 spiro atoms. The van der Waals surface area contributed by atoms with E-state index in [2.05, 4.69) is 10.6 Å². The Balaban J connectivity index is 2.27. The fourth-order valence-corrected chi connectivity index (χ4v) is 3.41. The van der Waals surface area contributed by atoms with Gasteiger partial charge in [0.15, 0.2) is 11.8 Å². The van der Waals surface area contributed by atoms with E-state index in [0.29, 0.717) is 19.3 Å². The van der Waals surface area contributed by atoms with Gasteiger partial charge < -0.3 is 30.0 Å². The number of phenols is 1. The number of nitrogens with one attached hydrogen (secondary N) is 2. The van der Waals surface area contributed by atoms with Gasteiger partial charge in [0.1, 0.15) is 18.8 Å². The zero-order valence-corrected chi connectivity index (χ0v) is 18.7. The molecule has 0 saturated carbocycles. The number of esters is 3. The molecule has 0 aromatic heterocycles. The van der Waals surface area contributed by atoms with E-state index < -0.39 is 53.7 Å². The highest BCUT2D eigenvalue weighted by Gasteiger charge is 2.40. The number of para-hydroxylation sites is 1. The van der Waals surface area contributed by atoms with Crippen LogP contribution in [0, 0.1) is 5.92 Å². The van der Waals surface area contributed by atoms with Crippen LogP contribution in [-0.2, 0) is 33.4 Å². The van der Waals surface area contributed by atoms with Gasteiger partial charge in [-0.3, -0.25) is 19.2 Å². The summed E-state index contributed by atoms with van der Waals surface area (Å²) in [5.41, 5.74) is -0.219. The average Bonchev–Trinajstić information content (AvgIpc) is 2.79. The van der Waals surface area contributed by atoms with Gasteiger partial charge in [0.05, 0.1) is 17.2 Å². The molecule has 0 unspecified atom stereocenters. The Kier molecular flexibility index (Phi) is 9.19. The molecule has 1 saturated heterocycles. The predicted molar refractivity (Wildman–Crippen MR) is 114 cm³/mol. The summed E-state index contributed by atoms with van der Waals surface area (Å²) in [4.78, 5) is 60.5. The van der Waals surface area contributed by atoms with Crippen molar-refractivity contribution in [2.45, 2.75) is 58.3 Å². The van der Waals surface area contributed by atoms with Crippen LogP contribution in [0.1, 0.15) is 50.4 Å². The minimum absolute atomic E-state index is 0.00263. The summed E-state index contributed by atoms with van der Waals surface area (Å²) >= 11 is 0. The number of rotatable bonds is 8. The number of hydrogen-bond acceptors (Lipinski definition) is 9. The first-order valence-electron chi connectivity index (χ1n) is 10.6. The van der Waals surface area contributed by atoms with Gasteiger partial charge in [0.25, 0.3) is 5.91 Å². The maximum absolute atomic E-state index is 12.8. The molecule has 0 aliphatic carbocycles. The van der Waals surface area contributed by atoms with Gasteiger partial charge in [-0.15, -0.1) is 0 Å². The lowest BCUT2D eigenvalue weighted by molar-refractivity contribution is -0.166. The Morgan fingerprint density at radius 3 is 2.64 bits per heavy atom. The molecule has 3 N–H and O–H groups in total. The number of amides is 2. The predicted octanol–water partition coefficient (Wildman–Crippen LogP) is 1.29. The highest BCUT2D eigenvalue weighted by atomic mass is 16.6. The monoisotopic (exact) mass is 464 g/mol. The Bertz CT molecular complexity index is 902. The number of anilines is 1. The van der Waals surface area contributed by atoms with Crippen LogP contribution in [0.25, 0.3) is 0 Å². The molecule has 0 bridgehead atoms. The molecule has 11 heteroatoms. The van der Waals surface area contributed by atoms with Crippen molar-refractivity contribution in [3.8, 4) is 5.75 Å². The van der Waals surface area contributed by atoms with Crippen molar-refractivity contribution in [3.63, 3.8) is 0 Å². The highest BCUT2D eigenvalue weighted by molar-refractivity contribution is 6.01. The molecule has 11 nitrogen and oxygen atoms in total. The maximum Gasteiger partial charge on any atom is 0.332 e. The number of unbranched alkanes of at least 4 members (excludes halogenated alkanes) is 1. The quantitative estimate of drug-likeness (QED) is 0.223. The fourth-order valence-electron chi connectivity index (χ4n) is 3.41. The first-order chi connectivity index (χ1) is 15.7. The topological polar surface area (TPSA) is 157 Å². The van der Waals surface area contributed by atoms with Crippen molar-refractivity contribution in [3.05, 3.63) is 23.8 Å². The Hall–Kier alpha value is -3.63. The van der Waals surface area contributed by atoms with Crippen molar-refractivity contribution in [2.75, 3.05) is 11.9 Å². The summed E-state index contributed by atoms with van der Waals surface area (Å²) in [7, 11) is 0. The van der Waals surface area contributed by atoms with Crippen molar-refractivity contribution in [1.29, 1.82) is 0 Å². The van der Waals surface area contributed by atoms with Gasteiger partial charge >= 0.3 is 17.9 Å². The third-order valence-corrected chi connectivity index (χ3v) is 5.13. The first kappa shape index (κ1) is 25.6. The summed E-state index contributed by atoms with van der Waals surface area (Å²) in [6.45, 7) is 4.15. The van der Waals surface area contributed by atoms with Crippen LogP contribution in [0.5, 0.6) is 5.75 Å². The van der Waals surface area contributed by atoms with E-state index in [1.165, 1.54) is 32.0 Å². The molecule has 1 aliphatic heterocycles. The van der Waals surface area contributed by atoms with Crippen molar-refractivity contribution < 1.29 is 43.3 Å². The summed E-state index contributed by atoms with van der Waals surface area (Å²) in [6, 6.07) is 2.69. The fraction of sp³-hybridized carbons (Fsp3) is 0.500. The van der Waals surface area contributed by atoms with Crippen LogP contribution in [0.15, 0.2) is 18.2 Å². The number of carbonyl (C=O) groups is 5. The summed E-state index contributed by atoms with van der Waals surface area (Å²) in [5, 5.41) is 14.9. The second-order valence-electron chi connectivity index (χ2n) is 7.58. The maximum atomic E-state index is 12.8. The summed E-state index contributed by atoms with van der Waals surface area (Å²) < 4.78 is 15.9. The number of carbonyl (C=O) groups excluding carboxylic acids is 5. The zero-order valence-electron chi connectivity index (χ0n) is 18.7. The van der Waals surface area contributed by atoms with Crippen LogP contribution in [0.2, 0.25) is 0 Å². The summed E-state index contributed by atoms with van der Waals surface area (Å²) in [5.74, 6) is -4.42. The van der Waals surface area contributed by atoms with E-state index in [9.17, 15) is 29.1 Å². The van der Waals surface area contributed by atoms with E-state index in [1.807, 2.05) is 6.92 Å². The van der Waals surface area contributed by atoms with E-state index in [1.54, 1.807) is 0 Å². The van der Waals surface area contributed by atoms with Crippen LogP contribution in [0.4, 0.5) is 5.69 Å². The smallest absolute Gasteiger partial charge is 0.332 e. The molecule has 2 amide bonds. The molecular formula is C22H28N2O9. The van der Waals surface area contributed by atoms with Gasteiger partial charge in [0.2, 0.25) is 6.41 Å². The molecule has 1 heterocycles. The number of ether oxygens (including phenoxy) is 3. The largest absolute Gasteiger partial charge is 0.505 e. The molecule has 33 heavy (non-hydrogen) atoms. The number of cyclic esters (lactones) is 2. The first-order valence-corrected chi connectivity index (χ1v) is 10.6. The minimum Gasteiger partial charge on any atom is -0.505 e. The lowest BCUT2D eigenvalue weighted by Crippen LogP contribution is -2.49. The Labute approximate surface area is 190 Å². The minimum atomic E-state index is -1.40. The molecule has 1 aliphatic rings. The van der Waals surface area contributed by atoms with Gasteiger partial charge in [-0.05, 0) is 25.5 Å².